The van der Waals surface area contributed by atoms with E-state index in [4.69, 9.17) is 18.0 Å². The number of thiocarbonyl (C=S) groups is 1. The number of thioether (sulfide) groups is 1. The average Bonchev–Trinajstić information content (AvgIpc) is 2.50. The third-order valence-corrected chi connectivity index (χ3v) is 4.92. The SMILES string of the molecule is CCCCCCCCCCCCc1ccc(SC(N)=S)cc1.[Zn]. The van der Waals surface area contributed by atoms with Gasteiger partial charge in [0, 0.05) is 24.4 Å². The summed E-state index contributed by atoms with van der Waals surface area (Å²) in [6.45, 7) is 2.28. The van der Waals surface area contributed by atoms with Gasteiger partial charge in [0.05, 0.1) is 0 Å². The third kappa shape index (κ3) is 13.1. The molecule has 0 spiro atoms. The molecule has 0 atom stereocenters. The van der Waals surface area contributed by atoms with E-state index < -0.39 is 0 Å². The summed E-state index contributed by atoms with van der Waals surface area (Å²) in [6.07, 6.45) is 15.1. The fraction of sp³-hybridized carbons (Fsp3) is 0.632. The molecule has 0 aromatic heterocycles. The topological polar surface area (TPSA) is 26.0 Å². The first kappa shape index (κ1) is 23.1. The van der Waals surface area contributed by atoms with Gasteiger partial charge in [-0.15, -0.1) is 0 Å². The summed E-state index contributed by atoms with van der Waals surface area (Å²) in [5.74, 6) is 0. The molecule has 0 amide bonds. The zero-order valence-electron chi connectivity index (χ0n) is 14.7. The molecule has 126 valence electrons. The molecule has 1 nitrogen and oxygen atoms in total. The molecule has 0 bridgehead atoms. The molecule has 0 saturated heterocycles. The number of nitrogens with two attached hydrogens (primary N) is 1. The van der Waals surface area contributed by atoms with E-state index in [9.17, 15) is 0 Å². The number of aryl methyl sites for hydroxylation is 1. The van der Waals surface area contributed by atoms with Gasteiger partial charge in [-0.05, 0) is 30.5 Å². The van der Waals surface area contributed by atoms with Gasteiger partial charge in [-0.3, -0.25) is 0 Å². The molecule has 0 saturated carbocycles. The maximum Gasteiger partial charge on any atom is 0.135 e. The molecule has 23 heavy (non-hydrogen) atoms. The Bertz CT molecular complexity index is 406. The van der Waals surface area contributed by atoms with Crippen LogP contribution in [-0.4, -0.2) is 4.32 Å². The summed E-state index contributed by atoms with van der Waals surface area (Å²) >= 11 is 6.36. The third-order valence-electron chi connectivity index (χ3n) is 3.96. The molecule has 1 aromatic carbocycles. The number of benzene rings is 1. The van der Waals surface area contributed by atoms with Gasteiger partial charge in [-0.1, -0.05) is 101 Å². The number of hydrogen-bond donors (Lipinski definition) is 1. The smallest absolute Gasteiger partial charge is 0.135 e. The maximum atomic E-state index is 5.53. The summed E-state index contributed by atoms with van der Waals surface area (Å²) in [6, 6.07) is 8.65. The summed E-state index contributed by atoms with van der Waals surface area (Å²) in [4.78, 5) is 1.14. The second kappa shape index (κ2) is 15.6. The van der Waals surface area contributed by atoms with Crippen molar-refractivity contribution in [3.63, 3.8) is 0 Å². The summed E-state index contributed by atoms with van der Waals surface area (Å²) in [5.41, 5.74) is 6.95. The van der Waals surface area contributed by atoms with E-state index in [1.165, 1.54) is 88.0 Å². The molecule has 0 aliphatic carbocycles. The average molecular weight is 403 g/mol. The first-order valence-corrected chi connectivity index (χ1v) is 10.0. The fourth-order valence-electron chi connectivity index (χ4n) is 2.66. The van der Waals surface area contributed by atoms with Gasteiger partial charge >= 0.3 is 0 Å². The van der Waals surface area contributed by atoms with Crippen molar-refractivity contribution < 1.29 is 19.5 Å². The summed E-state index contributed by atoms with van der Waals surface area (Å²) < 4.78 is 0.488. The number of rotatable bonds is 12. The molecule has 1 rings (SSSR count). The van der Waals surface area contributed by atoms with Crippen molar-refractivity contribution >= 4 is 28.3 Å². The first-order chi connectivity index (χ1) is 10.7. The second-order valence-corrected chi connectivity index (χ2v) is 7.81. The van der Waals surface area contributed by atoms with E-state index in [0.29, 0.717) is 4.32 Å². The van der Waals surface area contributed by atoms with Gasteiger partial charge in [-0.2, -0.15) is 0 Å². The minimum Gasteiger partial charge on any atom is -0.384 e. The summed E-state index contributed by atoms with van der Waals surface area (Å²) in [7, 11) is 0. The van der Waals surface area contributed by atoms with Crippen LogP contribution in [0.25, 0.3) is 0 Å². The van der Waals surface area contributed by atoms with E-state index in [1.54, 1.807) is 0 Å². The minimum absolute atomic E-state index is 0. The molecule has 0 unspecified atom stereocenters. The van der Waals surface area contributed by atoms with Gasteiger partial charge < -0.3 is 5.73 Å². The van der Waals surface area contributed by atoms with E-state index in [1.807, 2.05) is 0 Å². The Balaban J connectivity index is 0.00000484. The van der Waals surface area contributed by atoms with Gasteiger partial charge in [0.2, 0.25) is 0 Å². The Morgan fingerprint density at radius 3 is 1.83 bits per heavy atom. The van der Waals surface area contributed by atoms with Crippen molar-refractivity contribution in [2.45, 2.75) is 82.4 Å². The van der Waals surface area contributed by atoms with Crippen LogP contribution in [0.1, 0.15) is 76.7 Å². The molecule has 0 heterocycles. The van der Waals surface area contributed by atoms with Crippen molar-refractivity contribution in [2.75, 3.05) is 0 Å². The van der Waals surface area contributed by atoms with Gasteiger partial charge in [0.15, 0.2) is 0 Å². The largest absolute Gasteiger partial charge is 0.384 e. The molecular formula is C19H31NS2Zn. The monoisotopic (exact) mass is 401 g/mol. The van der Waals surface area contributed by atoms with Crippen LogP contribution >= 0.6 is 24.0 Å². The normalized spacial score (nSPS) is 10.3. The Labute approximate surface area is 165 Å². The van der Waals surface area contributed by atoms with Crippen molar-refractivity contribution in [1.29, 1.82) is 0 Å². The van der Waals surface area contributed by atoms with E-state index >= 15 is 0 Å². The van der Waals surface area contributed by atoms with E-state index in [0.717, 1.165) is 4.90 Å². The molecular weight excluding hydrogens is 372 g/mol. The number of unbranched alkanes of at least 4 members (excludes halogenated alkanes) is 9. The second-order valence-electron chi connectivity index (χ2n) is 6.00. The predicted octanol–water partition coefficient (Wildman–Crippen LogP) is 6.48. The van der Waals surface area contributed by atoms with Crippen LogP contribution in [0.3, 0.4) is 0 Å². The van der Waals surface area contributed by atoms with Crippen molar-refractivity contribution in [1.82, 2.24) is 0 Å². The van der Waals surface area contributed by atoms with Crippen LogP contribution in [-0.2, 0) is 25.9 Å². The van der Waals surface area contributed by atoms with Crippen molar-refractivity contribution in [2.24, 2.45) is 5.73 Å². The van der Waals surface area contributed by atoms with Gasteiger partial charge in [0.1, 0.15) is 4.32 Å². The van der Waals surface area contributed by atoms with Crippen LogP contribution in [0.2, 0.25) is 0 Å². The van der Waals surface area contributed by atoms with Crippen LogP contribution in [0, 0.1) is 0 Å². The first-order valence-electron chi connectivity index (χ1n) is 8.78. The quantitative estimate of drug-likeness (QED) is 0.187. The fourth-order valence-corrected chi connectivity index (χ4v) is 3.45. The maximum absolute atomic E-state index is 5.53. The van der Waals surface area contributed by atoms with Gasteiger partial charge in [0.25, 0.3) is 0 Å². The zero-order chi connectivity index (χ0) is 16.0. The number of hydrogen-bond acceptors (Lipinski definition) is 2. The Hall–Kier alpha value is 0.0834. The molecule has 0 aliphatic heterocycles. The Kier molecular flexibility index (Phi) is 15.7. The van der Waals surface area contributed by atoms with E-state index in [-0.39, 0.29) is 19.5 Å². The molecule has 0 fully saturated rings. The van der Waals surface area contributed by atoms with Gasteiger partial charge in [-0.25, -0.2) is 0 Å². The van der Waals surface area contributed by atoms with Crippen LogP contribution < -0.4 is 5.73 Å². The predicted molar refractivity (Wildman–Crippen MR) is 105 cm³/mol. The molecule has 0 aliphatic rings. The summed E-state index contributed by atoms with van der Waals surface area (Å²) in [5, 5.41) is 0. The van der Waals surface area contributed by atoms with Crippen LogP contribution in [0.5, 0.6) is 0 Å². The zero-order valence-corrected chi connectivity index (χ0v) is 19.3. The van der Waals surface area contributed by atoms with Crippen LogP contribution in [0.4, 0.5) is 0 Å². The molecule has 0 radical (unpaired) electrons. The van der Waals surface area contributed by atoms with E-state index in [2.05, 4.69) is 31.2 Å². The molecule has 4 heteroatoms. The standard InChI is InChI=1S/C19H31NS2.Zn/c1-2-3-4-5-6-7-8-9-10-11-12-17-13-15-18(16-14-17)22-19(20)21;/h13-16H,2-12H2,1H3,(H2,20,21);. The Morgan fingerprint density at radius 2 is 1.35 bits per heavy atom. The molecule has 2 N–H and O–H groups in total. The van der Waals surface area contributed by atoms with Crippen LogP contribution in [0.15, 0.2) is 29.2 Å². The Morgan fingerprint density at radius 1 is 0.870 bits per heavy atom. The minimum atomic E-state index is 0. The molecule has 1 aromatic rings. The van der Waals surface area contributed by atoms with Crippen molar-refractivity contribution in [3.05, 3.63) is 29.8 Å². The van der Waals surface area contributed by atoms with Crippen molar-refractivity contribution in [3.8, 4) is 0 Å².